The van der Waals surface area contributed by atoms with Crippen molar-refractivity contribution < 1.29 is 14.3 Å². The summed E-state index contributed by atoms with van der Waals surface area (Å²) in [7, 11) is 0. The summed E-state index contributed by atoms with van der Waals surface area (Å²) >= 11 is 0. The first-order valence-corrected chi connectivity index (χ1v) is 7.59. The van der Waals surface area contributed by atoms with Crippen molar-refractivity contribution in [1.29, 1.82) is 0 Å². The number of nitrogens with one attached hydrogen (secondary N) is 1. The van der Waals surface area contributed by atoms with Crippen molar-refractivity contribution in [2.45, 2.75) is 57.1 Å². The molecule has 2 fully saturated rings. The van der Waals surface area contributed by atoms with Gasteiger partial charge in [0.15, 0.2) is 0 Å². The number of ether oxygens (including phenoxy) is 1. The quantitative estimate of drug-likeness (QED) is 0.712. The second-order valence-corrected chi connectivity index (χ2v) is 5.63. The van der Waals surface area contributed by atoms with E-state index in [4.69, 9.17) is 10.5 Å². The van der Waals surface area contributed by atoms with Crippen molar-refractivity contribution >= 4 is 11.9 Å². The Labute approximate surface area is 120 Å². The minimum absolute atomic E-state index is 0.0607. The molecule has 2 aliphatic rings. The number of carbonyl (C=O) groups is 2. The highest BCUT2D eigenvalue weighted by Gasteiger charge is 2.50. The van der Waals surface area contributed by atoms with Gasteiger partial charge in [0, 0.05) is 19.7 Å². The third-order valence-electron chi connectivity index (χ3n) is 4.29. The maximum absolute atomic E-state index is 12.5. The molecule has 3 amide bonds. The second-order valence-electron chi connectivity index (χ2n) is 5.63. The number of rotatable bonds is 6. The largest absolute Gasteiger partial charge is 0.377 e. The van der Waals surface area contributed by atoms with E-state index < -0.39 is 5.54 Å². The van der Waals surface area contributed by atoms with E-state index in [0.717, 1.165) is 32.1 Å². The molecule has 1 saturated heterocycles. The average molecular weight is 283 g/mol. The van der Waals surface area contributed by atoms with Gasteiger partial charge in [-0.2, -0.15) is 0 Å². The molecule has 0 aromatic carbocycles. The van der Waals surface area contributed by atoms with E-state index in [-0.39, 0.29) is 18.0 Å². The first-order valence-electron chi connectivity index (χ1n) is 7.59. The van der Waals surface area contributed by atoms with Gasteiger partial charge in [-0.25, -0.2) is 4.79 Å². The maximum atomic E-state index is 12.5. The summed E-state index contributed by atoms with van der Waals surface area (Å²) in [5.74, 6) is -0.0607. The third kappa shape index (κ3) is 2.96. The van der Waals surface area contributed by atoms with Crippen LogP contribution in [0.1, 0.15) is 45.4 Å². The Hall–Kier alpha value is -1.14. The van der Waals surface area contributed by atoms with Crippen molar-refractivity contribution in [3.8, 4) is 0 Å². The zero-order valence-corrected chi connectivity index (χ0v) is 12.2. The molecule has 0 aromatic heterocycles. The SMILES string of the molecule is CCOC(CN)CCN1C(=O)NC2(CCCCC2)C1=O. The molecule has 20 heavy (non-hydrogen) atoms. The number of imide groups is 1. The smallest absolute Gasteiger partial charge is 0.325 e. The van der Waals surface area contributed by atoms with E-state index in [1.54, 1.807) is 0 Å². The fourth-order valence-corrected chi connectivity index (χ4v) is 3.15. The van der Waals surface area contributed by atoms with Gasteiger partial charge in [-0.15, -0.1) is 0 Å². The summed E-state index contributed by atoms with van der Waals surface area (Å²) < 4.78 is 5.46. The van der Waals surface area contributed by atoms with Crippen LogP contribution in [0.5, 0.6) is 0 Å². The van der Waals surface area contributed by atoms with Crippen LogP contribution in [0, 0.1) is 0 Å². The maximum Gasteiger partial charge on any atom is 0.325 e. The van der Waals surface area contributed by atoms with Crippen LogP contribution < -0.4 is 11.1 Å². The van der Waals surface area contributed by atoms with Gasteiger partial charge in [0.05, 0.1) is 6.10 Å². The van der Waals surface area contributed by atoms with Gasteiger partial charge in [-0.3, -0.25) is 9.69 Å². The van der Waals surface area contributed by atoms with Gasteiger partial charge in [-0.1, -0.05) is 19.3 Å². The van der Waals surface area contributed by atoms with Crippen LogP contribution >= 0.6 is 0 Å². The molecule has 1 spiro atoms. The van der Waals surface area contributed by atoms with Gasteiger partial charge >= 0.3 is 6.03 Å². The van der Waals surface area contributed by atoms with E-state index >= 15 is 0 Å². The van der Waals surface area contributed by atoms with Gasteiger partial charge in [0.1, 0.15) is 5.54 Å². The van der Waals surface area contributed by atoms with Crippen LogP contribution in [-0.2, 0) is 9.53 Å². The first-order chi connectivity index (χ1) is 9.63. The first kappa shape index (κ1) is 15.3. The van der Waals surface area contributed by atoms with E-state index in [2.05, 4.69) is 5.32 Å². The highest BCUT2D eigenvalue weighted by atomic mass is 16.5. The Morgan fingerprint density at radius 1 is 1.35 bits per heavy atom. The lowest BCUT2D eigenvalue weighted by Gasteiger charge is -2.30. The van der Waals surface area contributed by atoms with Crippen LogP contribution in [0.4, 0.5) is 4.79 Å². The number of urea groups is 1. The van der Waals surface area contributed by atoms with Crippen LogP contribution in [-0.4, -0.2) is 48.2 Å². The van der Waals surface area contributed by atoms with Crippen LogP contribution in [0.15, 0.2) is 0 Å². The van der Waals surface area contributed by atoms with E-state index in [1.165, 1.54) is 4.90 Å². The topological polar surface area (TPSA) is 84.7 Å². The molecule has 1 atom stereocenters. The van der Waals surface area contributed by atoms with Gasteiger partial charge in [0.2, 0.25) is 0 Å². The van der Waals surface area contributed by atoms with E-state index in [0.29, 0.717) is 26.1 Å². The third-order valence-corrected chi connectivity index (χ3v) is 4.29. The summed E-state index contributed by atoms with van der Waals surface area (Å²) in [4.78, 5) is 25.9. The molecule has 3 N–H and O–H groups in total. The number of amides is 3. The Morgan fingerprint density at radius 3 is 2.65 bits per heavy atom. The predicted molar refractivity (Wildman–Crippen MR) is 75.1 cm³/mol. The van der Waals surface area contributed by atoms with Crippen molar-refractivity contribution in [3.63, 3.8) is 0 Å². The number of nitrogens with zero attached hydrogens (tertiary/aromatic N) is 1. The van der Waals surface area contributed by atoms with Crippen molar-refractivity contribution in [2.24, 2.45) is 5.73 Å². The van der Waals surface area contributed by atoms with Crippen molar-refractivity contribution in [1.82, 2.24) is 10.2 Å². The molecule has 1 unspecified atom stereocenters. The monoisotopic (exact) mass is 283 g/mol. The van der Waals surface area contributed by atoms with Gasteiger partial charge in [-0.05, 0) is 26.2 Å². The zero-order valence-electron chi connectivity index (χ0n) is 12.2. The van der Waals surface area contributed by atoms with Crippen LogP contribution in [0.2, 0.25) is 0 Å². The standard InChI is InChI=1S/C14H25N3O3/c1-2-20-11(10-15)6-9-17-12(18)14(16-13(17)19)7-4-3-5-8-14/h11H,2-10,15H2,1H3,(H,16,19). The number of hydrogen-bond acceptors (Lipinski definition) is 4. The molecule has 0 radical (unpaired) electrons. The summed E-state index contributed by atoms with van der Waals surface area (Å²) in [5, 5.41) is 2.91. The fraction of sp³-hybridized carbons (Fsp3) is 0.857. The Balaban J connectivity index is 1.95. The van der Waals surface area contributed by atoms with Crippen molar-refractivity contribution in [2.75, 3.05) is 19.7 Å². The van der Waals surface area contributed by atoms with Crippen molar-refractivity contribution in [3.05, 3.63) is 0 Å². The summed E-state index contributed by atoms with van der Waals surface area (Å²) in [6.07, 6.45) is 5.18. The lowest BCUT2D eigenvalue weighted by Crippen LogP contribution is -2.48. The molecule has 0 bridgehead atoms. The number of nitrogens with two attached hydrogens (primary N) is 1. The molecule has 1 saturated carbocycles. The Kier molecular flexibility index (Phi) is 4.99. The molecule has 6 heteroatoms. The van der Waals surface area contributed by atoms with E-state index in [1.807, 2.05) is 6.92 Å². The zero-order chi connectivity index (χ0) is 14.6. The molecule has 114 valence electrons. The highest BCUT2D eigenvalue weighted by molar-refractivity contribution is 6.07. The number of carbonyl (C=O) groups excluding carboxylic acids is 2. The Morgan fingerprint density at radius 2 is 2.05 bits per heavy atom. The lowest BCUT2D eigenvalue weighted by atomic mass is 9.82. The van der Waals surface area contributed by atoms with Crippen LogP contribution in [0.3, 0.4) is 0 Å². The Bertz CT molecular complexity index is 367. The van der Waals surface area contributed by atoms with Gasteiger partial charge < -0.3 is 15.8 Å². The predicted octanol–water partition coefficient (Wildman–Crippen LogP) is 0.995. The highest BCUT2D eigenvalue weighted by Crippen LogP contribution is 2.33. The lowest BCUT2D eigenvalue weighted by molar-refractivity contribution is -0.132. The average Bonchev–Trinajstić information content (AvgIpc) is 2.67. The number of hydrogen-bond donors (Lipinski definition) is 2. The molecule has 1 aliphatic carbocycles. The summed E-state index contributed by atoms with van der Waals surface area (Å²) in [5.41, 5.74) is 4.99. The van der Waals surface area contributed by atoms with Crippen LogP contribution in [0.25, 0.3) is 0 Å². The van der Waals surface area contributed by atoms with E-state index in [9.17, 15) is 9.59 Å². The molecular weight excluding hydrogens is 258 g/mol. The molecule has 6 nitrogen and oxygen atoms in total. The molecular formula is C14H25N3O3. The summed E-state index contributed by atoms with van der Waals surface area (Å²) in [6.45, 7) is 3.29. The minimum atomic E-state index is -0.626. The normalized spacial score (nSPS) is 23.2. The minimum Gasteiger partial charge on any atom is -0.377 e. The molecule has 0 aromatic rings. The molecule has 1 heterocycles. The van der Waals surface area contributed by atoms with Gasteiger partial charge in [0.25, 0.3) is 5.91 Å². The fourth-order valence-electron chi connectivity index (χ4n) is 3.15. The molecule has 1 aliphatic heterocycles. The summed E-state index contributed by atoms with van der Waals surface area (Å²) in [6, 6.07) is -0.260. The second kappa shape index (κ2) is 6.54. The molecule has 2 rings (SSSR count).